The van der Waals surface area contributed by atoms with Crippen LogP contribution in [-0.2, 0) is 16.6 Å². The van der Waals surface area contributed by atoms with Crippen LogP contribution >= 0.6 is 0 Å². The quantitative estimate of drug-likeness (QED) is 0.748. The van der Waals surface area contributed by atoms with Crippen molar-refractivity contribution in [2.24, 2.45) is 0 Å². The molecule has 1 saturated carbocycles. The number of sulfonamides is 1. The van der Waals surface area contributed by atoms with Crippen LogP contribution in [0.3, 0.4) is 0 Å². The molecule has 1 aliphatic rings. The largest absolute Gasteiger partial charge is 0.346 e. The number of hydrogen-bond donors (Lipinski definition) is 1. The Morgan fingerprint density at radius 3 is 2.71 bits per heavy atom. The standard InChI is InChI=1S/C15H25N3O2S/c1-5-16-9-14-8-15(11-18(14)13-6-7-13)21(19,20)17(4)10-12(2)3/h8,11,13,16H,2,5-7,9-10H2,1,3-4H3. The van der Waals surface area contributed by atoms with E-state index in [4.69, 9.17) is 0 Å². The van der Waals surface area contributed by atoms with Crippen LogP contribution in [0.4, 0.5) is 0 Å². The SMILES string of the molecule is C=C(C)CN(C)S(=O)(=O)c1cc(CNCC)n(C2CC2)c1. The van der Waals surface area contributed by atoms with Gasteiger partial charge in [0.2, 0.25) is 10.0 Å². The lowest BCUT2D eigenvalue weighted by molar-refractivity contribution is 0.493. The van der Waals surface area contributed by atoms with Crippen molar-refractivity contribution < 1.29 is 8.42 Å². The zero-order chi connectivity index (χ0) is 15.6. The Kier molecular flexibility index (Phi) is 4.91. The third kappa shape index (κ3) is 3.75. The summed E-state index contributed by atoms with van der Waals surface area (Å²) in [7, 11) is -1.84. The van der Waals surface area contributed by atoms with E-state index in [2.05, 4.69) is 16.5 Å². The molecule has 0 radical (unpaired) electrons. The fourth-order valence-corrected chi connectivity index (χ4v) is 3.65. The summed E-state index contributed by atoms with van der Waals surface area (Å²) in [6.07, 6.45) is 4.05. The maximum absolute atomic E-state index is 12.6. The average Bonchev–Trinajstić information content (AvgIpc) is 3.15. The molecule has 0 unspecified atom stereocenters. The molecule has 1 N–H and O–H groups in total. The lowest BCUT2D eigenvalue weighted by atomic mass is 10.4. The number of hydrogen-bond acceptors (Lipinski definition) is 3. The second-order valence-corrected chi connectivity index (χ2v) is 7.85. The van der Waals surface area contributed by atoms with Crippen LogP contribution in [0.25, 0.3) is 0 Å². The molecule has 1 heterocycles. The molecular weight excluding hydrogens is 286 g/mol. The van der Waals surface area contributed by atoms with Crippen molar-refractivity contribution in [3.63, 3.8) is 0 Å². The number of nitrogens with one attached hydrogen (secondary N) is 1. The summed E-state index contributed by atoms with van der Waals surface area (Å²) in [6.45, 7) is 9.57. The first-order valence-corrected chi connectivity index (χ1v) is 8.82. The van der Waals surface area contributed by atoms with E-state index in [1.54, 1.807) is 19.3 Å². The molecule has 0 bridgehead atoms. The van der Waals surface area contributed by atoms with E-state index in [1.165, 1.54) is 4.31 Å². The molecule has 0 amide bonds. The molecule has 0 aliphatic heterocycles. The van der Waals surface area contributed by atoms with Gasteiger partial charge in [0.1, 0.15) is 4.90 Å². The number of aromatic nitrogens is 1. The van der Waals surface area contributed by atoms with Gasteiger partial charge in [0.25, 0.3) is 0 Å². The van der Waals surface area contributed by atoms with Crippen LogP contribution in [0.1, 0.15) is 38.4 Å². The maximum Gasteiger partial charge on any atom is 0.244 e. The smallest absolute Gasteiger partial charge is 0.244 e. The van der Waals surface area contributed by atoms with Crippen molar-refractivity contribution in [1.29, 1.82) is 0 Å². The molecule has 0 spiro atoms. The first-order valence-electron chi connectivity index (χ1n) is 7.38. The topological polar surface area (TPSA) is 54.3 Å². The summed E-state index contributed by atoms with van der Waals surface area (Å²) >= 11 is 0. The van der Waals surface area contributed by atoms with Crippen LogP contribution in [0, 0.1) is 0 Å². The average molecular weight is 311 g/mol. The highest BCUT2D eigenvalue weighted by Crippen LogP contribution is 2.37. The van der Waals surface area contributed by atoms with E-state index in [0.717, 1.165) is 30.7 Å². The van der Waals surface area contributed by atoms with Gasteiger partial charge >= 0.3 is 0 Å². The normalized spacial score (nSPS) is 15.6. The molecule has 5 nitrogen and oxygen atoms in total. The predicted octanol–water partition coefficient (Wildman–Crippen LogP) is 2.13. The van der Waals surface area contributed by atoms with Crippen LogP contribution in [0.15, 0.2) is 29.3 Å². The Bertz CT molecular complexity index is 615. The molecule has 1 aromatic rings. The molecule has 0 aromatic carbocycles. The molecule has 21 heavy (non-hydrogen) atoms. The molecule has 0 atom stereocenters. The Morgan fingerprint density at radius 1 is 1.52 bits per heavy atom. The number of rotatable bonds is 8. The van der Waals surface area contributed by atoms with Crippen LogP contribution in [-0.4, -0.2) is 37.4 Å². The zero-order valence-electron chi connectivity index (χ0n) is 13.1. The van der Waals surface area contributed by atoms with Gasteiger partial charge < -0.3 is 9.88 Å². The van der Waals surface area contributed by atoms with Crippen molar-refractivity contribution in [2.45, 2.75) is 44.2 Å². The fraction of sp³-hybridized carbons (Fsp3) is 0.600. The monoisotopic (exact) mass is 311 g/mol. The van der Waals surface area contributed by atoms with E-state index in [9.17, 15) is 8.42 Å². The Balaban J connectivity index is 2.28. The summed E-state index contributed by atoms with van der Waals surface area (Å²) < 4.78 is 28.7. The Labute approximate surface area is 127 Å². The van der Waals surface area contributed by atoms with Crippen molar-refractivity contribution >= 4 is 10.0 Å². The zero-order valence-corrected chi connectivity index (χ0v) is 13.9. The Hall–Kier alpha value is -1.11. The van der Waals surface area contributed by atoms with Gasteiger partial charge in [-0.3, -0.25) is 0 Å². The maximum atomic E-state index is 12.6. The van der Waals surface area contributed by atoms with Gasteiger partial charge in [-0.15, -0.1) is 0 Å². The molecule has 1 aliphatic carbocycles. The van der Waals surface area contributed by atoms with Crippen molar-refractivity contribution in [3.8, 4) is 0 Å². The minimum Gasteiger partial charge on any atom is -0.346 e. The lowest BCUT2D eigenvalue weighted by Crippen LogP contribution is -2.28. The van der Waals surface area contributed by atoms with E-state index in [1.807, 2.05) is 13.8 Å². The van der Waals surface area contributed by atoms with Crippen LogP contribution < -0.4 is 5.32 Å². The third-order valence-electron chi connectivity index (χ3n) is 3.60. The predicted molar refractivity (Wildman–Crippen MR) is 84.7 cm³/mol. The van der Waals surface area contributed by atoms with Gasteiger partial charge in [-0.1, -0.05) is 19.1 Å². The van der Waals surface area contributed by atoms with Crippen LogP contribution in [0.5, 0.6) is 0 Å². The molecular formula is C15H25N3O2S. The van der Waals surface area contributed by atoms with Crippen molar-refractivity contribution in [3.05, 3.63) is 30.1 Å². The number of nitrogens with zero attached hydrogens (tertiary/aromatic N) is 2. The lowest BCUT2D eigenvalue weighted by Gasteiger charge is -2.15. The van der Waals surface area contributed by atoms with Crippen LogP contribution in [0.2, 0.25) is 0 Å². The molecule has 1 fully saturated rings. The van der Waals surface area contributed by atoms with E-state index < -0.39 is 10.0 Å². The van der Waals surface area contributed by atoms with Gasteiger partial charge in [0, 0.05) is 38.1 Å². The van der Waals surface area contributed by atoms with Gasteiger partial charge in [0.15, 0.2) is 0 Å². The summed E-state index contributed by atoms with van der Waals surface area (Å²) in [6, 6.07) is 2.26. The highest BCUT2D eigenvalue weighted by Gasteiger charge is 2.29. The van der Waals surface area contributed by atoms with E-state index in [-0.39, 0.29) is 0 Å². The molecule has 2 rings (SSSR count). The van der Waals surface area contributed by atoms with Gasteiger partial charge in [-0.25, -0.2) is 8.42 Å². The summed E-state index contributed by atoms with van der Waals surface area (Å²) in [4.78, 5) is 0.381. The van der Waals surface area contributed by atoms with Crippen molar-refractivity contribution in [1.82, 2.24) is 14.2 Å². The minimum atomic E-state index is -3.44. The molecule has 6 heteroatoms. The first-order chi connectivity index (χ1) is 9.86. The summed E-state index contributed by atoms with van der Waals surface area (Å²) in [5.41, 5.74) is 1.87. The third-order valence-corrected chi connectivity index (χ3v) is 5.37. The second-order valence-electron chi connectivity index (χ2n) is 5.80. The highest BCUT2D eigenvalue weighted by molar-refractivity contribution is 7.89. The molecule has 0 saturated heterocycles. The molecule has 1 aromatic heterocycles. The summed E-state index contributed by atoms with van der Waals surface area (Å²) in [5, 5.41) is 3.27. The highest BCUT2D eigenvalue weighted by atomic mass is 32.2. The van der Waals surface area contributed by atoms with Gasteiger partial charge in [-0.05, 0) is 32.4 Å². The Morgan fingerprint density at radius 2 is 2.19 bits per heavy atom. The minimum absolute atomic E-state index is 0.347. The fourth-order valence-electron chi connectivity index (χ4n) is 2.37. The van der Waals surface area contributed by atoms with E-state index >= 15 is 0 Å². The van der Waals surface area contributed by atoms with E-state index in [0.29, 0.717) is 24.0 Å². The first kappa shape index (κ1) is 16.3. The second kappa shape index (κ2) is 6.34. The van der Waals surface area contributed by atoms with Gasteiger partial charge in [-0.2, -0.15) is 4.31 Å². The van der Waals surface area contributed by atoms with Gasteiger partial charge in [0.05, 0.1) is 0 Å². The summed E-state index contributed by atoms with van der Waals surface area (Å²) in [5.74, 6) is 0. The molecule has 118 valence electrons. The number of likely N-dealkylation sites (N-methyl/N-ethyl adjacent to an activating group) is 1. The van der Waals surface area contributed by atoms with Crippen molar-refractivity contribution in [2.75, 3.05) is 20.1 Å².